The van der Waals surface area contributed by atoms with Gasteiger partial charge in [-0.2, -0.15) is 0 Å². The molecule has 21 heavy (non-hydrogen) atoms. The summed E-state index contributed by atoms with van der Waals surface area (Å²) in [5.41, 5.74) is 1.50. The minimum Gasteiger partial charge on any atom is -0.326 e. The number of benzene rings is 1. The molecule has 1 aromatic heterocycles. The summed E-state index contributed by atoms with van der Waals surface area (Å²) in [6, 6.07) is 4.69. The molecule has 2 heterocycles. The Balaban J connectivity index is 1.91. The van der Waals surface area contributed by atoms with Gasteiger partial charge >= 0.3 is 0 Å². The highest BCUT2D eigenvalue weighted by Gasteiger charge is 2.20. The molecule has 1 aliphatic heterocycles. The van der Waals surface area contributed by atoms with Crippen LogP contribution >= 0.6 is 11.3 Å². The number of nitrogens with zero attached hydrogens (tertiary/aromatic N) is 1. The van der Waals surface area contributed by atoms with Crippen LogP contribution in [0.4, 0.5) is 10.8 Å². The van der Waals surface area contributed by atoms with Crippen molar-refractivity contribution < 1.29 is 13.2 Å². The van der Waals surface area contributed by atoms with Gasteiger partial charge in [0.2, 0.25) is 5.91 Å². The lowest BCUT2D eigenvalue weighted by molar-refractivity contribution is -0.116. The lowest BCUT2D eigenvalue weighted by Crippen LogP contribution is -2.20. The molecule has 1 aromatic carbocycles. The molecule has 0 bridgehead atoms. The van der Waals surface area contributed by atoms with Gasteiger partial charge in [-0.1, -0.05) is 0 Å². The summed E-state index contributed by atoms with van der Waals surface area (Å²) in [4.78, 5) is 16.4. The van der Waals surface area contributed by atoms with Crippen LogP contribution in [-0.2, 0) is 21.2 Å². The molecule has 0 saturated heterocycles. The first-order valence-corrected chi connectivity index (χ1v) is 8.62. The maximum atomic E-state index is 12.3. The number of carbonyl (C=O) groups excluding carboxylic acids is 1. The molecule has 1 aliphatic rings. The lowest BCUT2D eigenvalue weighted by atomic mass is 10.0. The van der Waals surface area contributed by atoms with Gasteiger partial charge in [0.25, 0.3) is 10.0 Å². The standard InChI is InChI=1S/C13H13N3O3S2/c1-8-7-14-13(20-8)16-21(18,19)10-3-4-11-9(6-10)2-5-12(17)15-11/h3-4,6-7H,2,5H2,1H3,(H,14,16)(H,15,17). The average Bonchev–Trinajstić information content (AvgIpc) is 2.82. The number of hydrogen-bond acceptors (Lipinski definition) is 5. The summed E-state index contributed by atoms with van der Waals surface area (Å²) in [6.45, 7) is 1.86. The molecule has 0 aliphatic carbocycles. The monoisotopic (exact) mass is 323 g/mol. The second-order valence-corrected chi connectivity index (χ2v) is 7.67. The molecule has 0 spiro atoms. The van der Waals surface area contributed by atoms with E-state index >= 15 is 0 Å². The van der Waals surface area contributed by atoms with Crippen molar-refractivity contribution >= 4 is 38.1 Å². The molecule has 8 heteroatoms. The van der Waals surface area contributed by atoms with Gasteiger partial charge in [-0.25, -0.2) is 13.4 Å². The fraction of sp³-hybridized carbons (Fsp3) is 0.231. The van der Waals surface area contributed by atoms with E-state index in [1.54, 1.807) is 18.3 Å². The summed E-state index contributed by atoms with van der Waals surface area (Å²) >= 11 is 1.28. The minimum absolute atomic E-state index is 0.0468. The van der Waals surface area contributed by atoms with E-state index < -0.39 is 10.0 Å². The van der Waals surface area contributed by atoms with Crippen molar-refractivity contribution in [3.8, 4) is 0 Å². The number of hydrogen-bond donors (Lipinski definition) is 2. The van der Waals surface area contributed by atoms with E-state index in [0.29, 0.717) is 23.7 Å². The normalized spacial score (nSPS) is 14.4. The molecule has 0 atom stereocenters. The first-order chi connectivity index (χ1) is 9.94. The largest absolute Gasteiger partial charge is 0.326 e. The van der Waals surface area contributed by atoms with Gasteiger partial charge in [0.05, 0.1) is 4.90 Å². The summed E-state index contributed by atoms with van der Waals surface area (Å²) < 4.78 is 27.1. The Hall–Kier alpha value is -1.93. The average molecular weight is 323 g/mol. The smallest absolute Gasteiger partial charge is 0.263 e. The Morgan fingerprint density at radius 1 is 1.33 bits per heavy atom. The Labute approximate surface area is 126 Å². The minimum atomic E-state index is -3.66. The molecule has 0 radical (unpaired) electrons. The Morgan fingerprint density at radius 3 is 2.86 bits per heavy atom. The lowest BCUT2D eigenvalue weighted by Gasteiger charge is -2.17. The molecule has 1 amide bonds. The van der Waals surface area contributed by atoms with Crippen molar-refractivity contribution in [2.45, 2.75) is 24.7 Å². The first-order valence-electron chi connectivity index (χ1n) is 6.32. The van der Waals surface area contributed by atoms with Gasteiger partial charge in [0.1, 0.15) is 0 Å². The van der Waals surface area contributed by atoms with E-state index in [9.17, 15) is 13.2 Å². The molecule has 6 nitrogen and oxygen atoms in total. The van der Waals surface area contributed by atoms with Crippen molar-refractivity contribution in [3.63, 3.8) is 0 Å². The molecular formula is C13H13N3O3S2. The van der Waals surface area contributed by atoms with E-state index in [2.05, 4.69) is 15.0 Å². The number of aromatic nitrogens is 1. The number of thiazole rings is 1. The maximum Gasteiger partial charge on any atom is 0.263 e. The van der Waals surface area contributed by atoms with Crippen LogP contribution in [0.1, 0.15) is 16.9 Å². The van der Waals surface area contributed by atoms with Crippen LogP contribution in [0.3, 0.4) is 0 Å². The van der Waals surface area contributed by atoms with E-state index in [1.807, 2.05) is 6.92 Å². The molecule has 110 valence electrons. The van der Waals surface area contributed by atoms with Gasteiger partial charge in [-0.15, -0.1) is 11.3 Å². The maximum absolute atomic E-state index is 12.3. The summed E-state index contributed by atoms with van der Waals surface area (Å²) in [6.07, 6.45) is 2.53. The van der Waals surface area contributed by atoms with E-state index in [-0.39, 0.29) is 10.8 Å². The van der Waals surface area contributed by atoms with Crippen molar-refractivity contribution in [1.82, 2.24) is 4.98 Å². The van der Waals surface area contributed by atoms with Crippen molar-refractivity contribution in [2.24, 2.45) is 0 Å². The van der Waals surface area contributed by atoms with E-state index in [4.69, 9.17) is 0 Å². The molecule has 0 unspecified atom stereocenters. The first kappa shape index (κ1) is 14.0. The van der Waals surface area contributed by atoms with Gasteiger partial charge < -0.3 is 5.32 Å². The second kappa shape index (κ2) is 5.12. The molecule has 3 rings (SSSR count). The van der Waals surface area contributed by atoms with Crippen molar-refractivity contribution in [1.29, 1.82) is 0 Å². The molecular weight excluding hydrogens is 310 g/mol. The van der Waals surface area contributed by atoms with Gasteiger partial charge in [0, 0.05) is 23.2 Å². The van der Waals surface area contributed by atoms with Crippen molar-refractivity contribution in [3.05, 3.63) is 34.8 Å². The van der Waals surface area contributed by atoms with Crippen LogP contribution in [0.5, 0.6) is 0 Å². The topological polar surface area (TPSA) is 88.2 Å². The van der Waals surface area contributed by atoms with Crippen LogP contribution in [0.15, 0.2) is 29.3 Å². The van der Waals surface area contributed by atoms with Crippen LogP contribution < -0.4 is 10.0 Å². The molecule has 2 N–H and O–H groups in total. The van der Waals surface area contributed by atoms with Crippen molar-refractivity contribution in [2.75, 3.05) is 10.0 Å². The quantitative estimate of drug-likeness (QED) is 0.906. The summed E-state index contributed by atoms with van der Waals surface area (Å²) in [7, 11) is -3.66. The highest BCUT2D eigenvalue weighted by molar-refractivity contribution is 7.93. The van der Waals surface area contributed by atoms with Crippen LogP contribution in [-0.4, -0.2) is 19.3 Å². The fourth-order valence-corrected chi connectivity index (χ4v) is 4.06. The third-order valence-corrected chi connectivity index (χ3v) is 5.42. The SMILES string of the molecule is Cc1cnc(NS(=O)(=O)c2ccc3c(c2)CCC(=O)N3)s1. The number of amides is 1. The van der Waals surface area contributed by atoms with Crippen LogP contribution in [0.2, 0.25) is 0 Å². The number of carbonyl (C=O) groups is 1. The highest BCUT2D eigenvalue weighted by atomic mass is 32.2. The molecule has 0 saturated carbocycles. The van der Waals surface area contributed by atoms with E-state index in [1.165, 1.54) is 17.4 Å². The number of nitrogens with one attached hydrogen (secondary N) is 2. The Kier molecular flexibility index (Phi) is 3.42. The number of sulfonamides is 1. The molecule has 2 aromatic rings. The molecule has 0 fully saturated rings. The number of aryl methyl sites for hydroxylation is 2. The Bertz CT molecular complexity index is 812. The number of rotatable bonds is 3. The van der Waals surface area contributed by atoms with E-state index in [0.717, 1.165) is 10.4 Å². The Morgan fingerprint density at radius 2 is 2.14 bits per heavy atom. The second-order valence-electron chi connectivity index (χ2n) is 4.75. The zero-order chi connectivity index (χ0) is 15.0. The number of anilines is 2. The fourth-order valence-electron chi connectivity index (χ4n) is 2.10. The predicted octanol–water partition coefficient (Wildman–Crippen LogP) is 2.14. The van der Waals surface area contributed by atoms with Crippen LogP contribution in [0.25, 0.3) is 0 Å². The highest BCUT2D eigenvalue weighted by Crippen LogP contribution is 2.27. The zero-order valence-electron chi connectivity index (χ0n) is 11.2. The summed E-state index contributed by atoms with van der Waals surface area (Å²) in [5.74, 6) is -0.0468. The summed E-state index contributed by atoms with van der Waals surface area (Å²) in [5, 5.41) is 3.07. The van der Waals surface area contributed by atoms with Crippen LogP contribution in [0, 0.1) is 6.92 Å². The van der Waals surface area contributed by atoms with Gasteiger partial charge in [-0.05, 0) is 37.1 Å². The third kappa shape index (κ3) is 2.91. The van der Waals surface area contributed by atoms with Gasteiger partial charge in [-0.3, -0.25) is 9.52 Å². The third-order valence-electron chi connectivity index (χ3n) is 3.13. The predicted molar refractivity (Wildman–Crippen MR) is 81.1 cm³/mol. The number of fused-ring (bicyclic) bond motifs is 1. The van der Waals surface area contributed by atoms with Gasteiger partial charge in [0.15, 0.2) is 5.13 Å². The zero-order valence-corrected chi connectivity index (χ0v) is 12.8.